The van der Waals surface area contributed by atoms with Crippen LogP contribution >= 0.6 is 0 Å². The van der Waals surface area contributed by atoms with E-state index in [2.05, 4.69) is 5.10 Å². The van der Waals surface area contributed by atoms with Gasteiger partial charge < -0.3 is 5.11 Å². The molecule has 0 saturated heterocycles. The minimum absolute atomic E-state index is 0.231. The van der Waals surface area contributed by atoms with Crippen molar-refractivity contribution in [3.63, 3.8) is 0 Å². The Morgan fingerprint density at radius 2 is 1.88 bits per heavy atom. The third-order valence-corrected chi connectivity index (χ3v) is 2.69. The molecule has 1 heterocycles. The van der Waals surface area contributed by atoms with Gasteiger partial charge in [-0.3, -0.25) is 4.68 Å². The Morgan fingerprint density at radius 3 is 2.35 bits per heavy atom. The molecule has 1 unspecified atom stereocenters. The first-order valence-electron chi connectivity index (χ1n) is 5.13. The molecule has 0 spiro atoms. The Bertz CT molecular complexity index is 512. The molecule has 0 fully saturated rings. The Balaban J connectivity index is 2.47. The number of benzene rings is 1. The molecular formula is C12H12F2N2O. The van der Waals surface area contributed by atoms with E-state index in [1.165, 1.54) is 10.7 Å². The second-order valence-electron chi connectivity index (χ2n) is 3.87. The van der Waals surface area contributed by atoms with Crippen molar-refractivity contribution in [3.05, 3.63) is 52.9 Å². The number of rotatable bonds is 2. The Hall–Kier alpha value is -1.75. The lowest BCUT2D eigenvalue weighted by molar-refractivity contribution is 0.203. The number of aliphatic hydroxyl groups excluding tert-OH is 1. The largest absolute Gasteiger partial charge is 0.382 e. The van der Waals surface area contributed by atoms with Crippen LogP contribution in [0.5, 0.6) is 0 Å². The molecule has 1 aromatic carbocycles. The van der Waals surface area contributed by atoms with Gasteiger partial charge in [-0.2, -0.15) is 5.10 Å². The van der Waals surface area contributed by atoms with Crippen molar-refractivity contribution in [2.24, 2.45) is 7.05 Å². The van der Waals surface area contributed by atoms with Crippen LogP contribution in [0.1, 0.15) is 23.1 Å². The molecule has 1 atom stereocenters. The van der Waals surface area contributed by atoms with E-state index in [4.69, 9.17) is 0 Å². The number of aryl methyl sites for hydroxylation is 2. The van der Waals surface area contributed by atoms with Crippen LogP contribution in [0, 0.1) is 18.6 Å². The summed E-state index contributed by atoms with van der Waals surface area (Å²) < 4.78 is 28.5. The number of nitrogens with zero attached hydrogens (tertiary/aromatic N) is 2. The van der Waals surface area contributed by atoms with Gasteiger partial charge in [-0.05, 0) is 25.1 Å². The maximum Gasteiger partial charge on any atom is 0.132 e. The van der Waals surface area contributed by atoms with Gasteiger partial charge in [-0.1, -0.05) is 6.07 Å². The van der Waals surface area contributed by atoms with Crippen molar-refractivity contribution in [1.82, 2.24) is 9.78 Å². The lowest BCUT2D eigenvalue weighted by Gasteiger charge is -2.10. The summed E-state index contributed by atoms with van der Waals surface area (Å²) in [5, 5.41) is 13.9. The van der Waals surface area contributed by atoms with Crippen LogP contribution in [0.4, 0.5) is 8.78 Å². The van der Waals surface area contributed by atoms with Crippen molar-refractivity contribution in [3.8, 4) is 0 Å². The molecule has 0 radical (unpaired) electrons. The summed E-state index contributed by atoms with van der Waals surface area (Å²) in [5.41, 5.74) is 0.662. The first-order chi connectivity index (χ1) is 8.00. The predicted molar refractivity (Wildman–Crippen MR) is 58.4 cm³/mol. The lowest BCUT2D eigenvalue weighted by atomic mass is 10.1. The SMILES string of the molecule is Cc1cc(C(O)c2c(F)cccc2F)nn1C. The van der Waals surface area contributed by atoms with Crippen LogP contribution in [-0.2, 0) is 7.05 Å². The second-order valence-corrected chi connectivity index (χ2v) is 3.87. The molecular weight excluding hydrogens is 226 g/mol. The summed E-state index contributed by atoms with van der Waals surface area (Å²) in [6, 6.07) is 5.07. The fraction of sp³-hybridized carbons (Fsp3) is 0.250. The van der Waals surface area contributed by atoms with E-state index in [1.54, 1.807) is 20.0 Å². The normalized spacial score (nSPS) is 12.8. The minimum Gasteiger partial charge on any atom is -0.382 e. The molecule has 0 amide bonds. The molecule has 90 valence electrons. The van der Waals surface area contributed by atoms with Crippen molar-refractivity contribution >= 4 is 0 Å². The van der Waals surface area contributed by atoms with E-state index in [9.17, 15) is 13.9 Å². The molecule has 0 aliphatic heterocycles. The van der Waals surface area contributed by atoms with E-state index in [0.29, 0.717) is 0 Å². The topological polar surface area (TPSA) is 38.1 Å². The molecule has 1 N–H and O–H groups in total. The molecule has 0 saturated carbocycles. The van der Waals surface area contributed by atoms with E-state index in [0.717, 1.165) is 17.8 Å². The van der Waals surface area contributed by atoms with Crippen LogP contribution in [0.2, 0.25) is 0 Å². The maximum absolute atomic E-state index is 13.5. The zero-order valence-electron chi connectivity index (χ0n) is 9.48. The lowest BCUT2D eigenvalue weighted by Crippen LogP contribution is -2.07. The molecule has 0 aliphatic carbocycles. The van der Waals surface area contributed by atoms with Gasteiger partial charge in [0.25, 0.3) is 0 Å². The average molecular weight is 238 g/mol. The van der Waals surface area contributed by atoms with Crippen molar-refractivity contribution in [1.29, 1.82) is 0 Å². The predicted octanol–water partition coefficient (Wildman–Crippen LogP) is 2.09. The average Bonchev–Trinajstić information content (AvgIpc) is 2.59. The number of aromatic nitrogens is 2. The number of hydrogen-bond acceptors (Lipinski definition) is 2. The van der Waals surface area contributed by atoms with Gasteiger partial charge in [0.1, 0.15) is 17.7 Å². The molecule has 0 aliphatic rings. The number of hydrogen-bond donors (Lipinski definition) is 1. The molecule has 0 bridgehead atoms. The van der Waals surface area contributed by atoms with Crippen molar-refractivity contribution < 1.29 is 13.9 Å². The first-order valence-corrected chi connectivity index (χ1v) is 5.13. The number of halogens is 2. The second kappa shape index (κ2) is 4.25. The van der Waals surface area contributed by atoms with Crippen LogP contribution in [-0.4, -0.2) is 14.9 Å². The number of aliphatic hydroxyl groups is 1. The smallest absolute Gasteiger partial charge is 0.132 e. The summed E-state index contributed by atoms with van der Waals surface area (Å²) in [4.78, 5) is 0. The highest BCUT2D eigenvalue weighted by atomic mass is 19.1. The zero-order valence-corrected chi connectivity index (χ0v) is 9.48. The van der Waals surface area contributed by atoms with E-state index in [-0.39, 0.29) is 11.3 Å². The van der Waals surface area contributed by atoms with Crippen LogP contribution < -0.4 is 0 Å². The molecule has 2 rings (SSSR count). The molecule has 1 aromatic heterocycles. The van der Waals surface area contributed by atoms with Gasteiger partial charge in [0.05, 0.1) is 11.3 Å². The first kappa shape index (κ1) is 11.7. The molecule has 2 aromatic rings. The Labute approximate surface area is 97.3 Å². The van der Waals surface area contributed by atoms with E-state index >= 15 is 0 Å². The third-order valence-electron chi connectivity index (χ3n) is 2.69. The van der Waals surface area contributed by atoms with Gasteiger partial charge in [-0.25, -0.2) is 8.78 Å². The Kier molecular flexibility index (Phi) is 2.93. The van der Waals surface area contributed by atoms with E-state index < -0.39 is 17.7 Å². The molecule has 5 heteroatoms. The fourth-order valence-corrected chi connectivity index (χ4v) is 1.64. The summed E-state index contributed by atoms with van der Waals surface area (Å²) in [6.45, 7) is 1.79. The van der Waals surface area contributed by atoms with Gasteiger partial charge in [-0.15, -0.1) is 0 Å². The monoisotopic (exact) mass is 238 g/mol. The molecule has 3 nitrogen and oxygen atoms in total. The standard InChI is InChI=1S/C12H12F2N2O/c1-7-6-10(15-16(7)2)12(17)11-8(13)4-3-5-9(11)14/h3-6,12,17H,1-2H3. The quantitative estimate of drug-likeness (QED) is 0.870. The highest BCUT2D eigenvalue weighted by Gasteiger charge is 2.21. The van der Waals surface area contributed by atoms with Crippen LogP contribution in [0.3, 0.4) is 0 Å². The van der Waals surface area contributed by atoms with Gasteiger partial charge >= 0.3 is 0 Å². The van der Waals surface area contributed by atoms with Crippen LogP contribution in [0.15, 0.2) is 24.3 Å². The summed E-state index contributed by atoms with van der Waals surface area (Å²) >= 11 is 0. The zero-order chi connectivity index (χ0) is 12.6. The Morgan fingerprint density at radius 1 is 1.29 bits per heavy atom. The van der Waals surface area contributed by atoms with Crippen molar-refractivity contribution in [2.75, 3.05) is 0 Å². The van der Waals surface area contributed by atoms with Gasteiger partial charge in [0.2, 0.25) is 0 Å². The van der Waals surface area contributed by atoms with Crippen LogP contribution in [0.25, 0.3) is 0 Å². The summed E-state index contributed by atoms with van der Waals surface area (Å²) in [7, 11) is 1.70. The highest BCUT2D eigenvalue weighted by molar-refractivity contribution is 5.29. The third kappa shape index (κ3) is 2.06. The summed E-state index contributed by atoms with van der Waals surface area (Å²) in [5.74, 6) is -1.55. The maximum atomic E-state index is 13.5. The van der Waals surface area contributed by atoms with E-state index in [1.807, 2.05) is 0 Å². The minimum atomic E-state index is -1.39. The van der Waals surface area contributed by atoms with Gasteiger partial charge in [0, 0.05) is 12.7 Å². The van der Waals surface area contributed by atoms with Crippen molar-refractivity contribution in [2.45, 2.75) is 13.0 Å². The summed E-state index contributed by atoms with van der Waals surface area (Å²) in [6.07, 6.45) is -1.39. The van der Waals surface area contributed by atoms with Gasteiger partial charge in [0.15, 0.2) is 0 Å². The fourth-order valence-electron chi connectivity index (χ4n) is 1.64. The molecule has 17 heavy (non-hydrogen) atoms. The highest BCUT2D eigenvalue weighted by Crippen LogP contribution is 2.26.